The van der Waals surface area contributed by atoms with Gasteiger partial charge in [-0.1, -0.05) is 12.1 Å². The number of amides is 2. The maximum absolute atomic E-state index is 12.0. The number of thiazole rings is 1. The maximum Gasteiger partial charge on any atom is 0.251 e. The number of rotatable bonds is 9. The van der Waals surface area contributed by atoms with E-state index in [1.54, 1.807) is 20.2 Å². The number of carbonyl (C=O) groups excluding carboxylic acids is 2. The summed E-state index contributed by atoms with van der Waals surface area (Å²) in [5, 5.41) is 5.44. The summed E-state index contributed by atoms with van der Waals surface area (Å²) in [6.07, 6.45) is 3.77. The van der Waals surface area contributed by atoms with Gasteiger partial charge < -0.3 is 9.73 Å². The summed E-state index contributed by atoms with van der Waals surface area (Å²) in [6, 6.07) is 11.7. The molecule has 1 saturated carbocycles. The Bertz CT molecular complexity index is 1030. The van der Waals surface area contributed by atoms with Gasteiger partial charge in [-0.25, -0.2) is 4.98 Å². The highest BCUT2D eigenvalue weighted by Crippen LogP contribution is 2.34. The van der Waals surface area contributed by atoms with E-state index in [-0.39, 0.29) is 11.8 Å². The van der Waals surface area contributed by atoms with Gasteiger partial charge in [-0.15, -0.1) is 11.3 Å². The van der Waals surface area contributed by atoms with E-state index in [0.717, 1.165) is 35.0 Å². The van der Waals surface area contributed by atoms with Crippen LogP contribution in [0.1, 0.15) is 47.1 Å². The molecule has 0 saturated heterocycles. The van der Waals surface area contributed by atoms with Gasteiger partial charge in [0.1, 0.15) is 5.76 Å². The molecule has 0 spiro atoms. The quantitative estimate of drug-likeness (QED) is 0.550. The smallest absolute Gasteiger partial charge is 0.251 e. The molecule has 0 aliphatic heterocycles. The summed E-state index contributed by atoms with van der Waals surface area (Å²) in [6.45, 7) is 3.55. The molecule has 162 valence electrons. The van der Waals surface area contributed by atoms with E-state index in [1.165, 1.54) is 11.3 Å². The van der Waals surface area contributed by atoms with Gasteiger partial charge in [0.15, 0.2) is 5.13 Å². The van der Waals surface area contributed by atoms with Crippen LogP contribution in [0, 0.1) is 0 Å². The van der Waals surface area contributed by atoms with Crippen LogP contribution in [0.2, 0.25) is 0 Å². The zero-order valence-corrected chi connectivity index (χ0v) is 18.5. The zero-order valence-electron chi connectivity index (χ0n) is 17.7. The average Bonchev–Trinajstić information content (AvgIpc) is 3.25. The minimum atomic E-state index is -0.0975. The van der Waals surface area contributed by atoms with E-state index in [2.05, 4.69) is 10.2 Å². The molecule has 1 aliphatic carbocycles. The first-order chi connectivity index (χ1) is 15.0. The van der Waals surface area contributed by atoms with E-state index in [4.69, 9.17) is 9.40 Å². The van der Waals surface area contributed by atoms with Gasteiger partial charge in [0, 0.05) is 44.0 Å². The van der Waals surface area contributed by atoms with Crippen molar-refractivity contribution in [2.75, 3.05) is 11.9 Å². The van der Waals surface area contributed by atoms with Crippen molar-refractivity contribution < 1.29 is 14.0 Å². The molecule has 2 amide bonds. The van der Waals surface area contributed by atoms with Crippen molar-refractivity contribution in [3.05, 3.63) is 70.6 Å². The molecule has 2 aromatic heterocycles. The molecular formula is C23H26N4O3S. The Morgan fingerprint density at radius 1 is 1.16 bits per heavy atom. The van der Waals surface area contributed by atoms with E-state index in [1.807, 2.05) is 46.7 Å². The molecule has 7 nitrogen and oxygen atoms in total. The zero-order chi connectivity index (χ0) is 21.8. The van der Waals surface area contributed by atoms with Crippen molar-refractivity contribution in [3.8, 4) is 0 Å². The number of anilines is 1. The van der Waals surface area contributed by atoms with Crippen LogP contribution in [0.5, 0.6) is 0 Å². The fourth-order valence-corrected chi connectivity index (χ4v) is 4.47. The van der Waals surface area contributed by atoms with Crippen LogP contribution >= 0.6 is 11.3 Å². The normalized spacial score (nSPS) is 13.4. The van der Waals surface area contributed by atoms with Crippen molar-refractivity contribution in [1.29, 1.82) is 0 Å². The number of aromatic nitrogens is 1. The first-order valence-electron chi connectivity index (χ1n) is 10.3. The summed E-state index contributed by atoms with van der Waals surface area (Å²) in [5.41, 5.74) is 2.66. The lowest BCUT2D eigenvalue weighted by Gasteiger charge is -2.21. The van der Waals surface area contributed by atoms with E-state index in [0.29, 0.717) is 31.2 Å². The summed E-state index contributed by atoms with van der Waals surface area (Å²) in [5.74, 6) is 0.826. The summed E-state index contributed by atoms with van der Waals surface area (Å²) in [7, 11) is 1.62. The van der Waals surface area contributed by atoms with Crippen LogP contribution in [-0.2, 0) is 24.4 Å². The van der Waals surface area contributed by atoms with Gasteiger partial charge >= 0.3 is 0 Å². The topological polar surface area (TPSA) is 78.7 Å². The fourth-order valence-electron chi connectivity index (χ4n) is 3.54. The molecule has 0 unspecified atom stereocenters. The third kappa shape index (κ3) is 5.39. The SMILES string of the molecule is CNC(=O)c1ccc(CN(Cc2csc(N(C(C)=O)C3CC3)n2)Cc2ccco2)cc1. The van der Waals surface area contributed by atoms with Gasteiger partial charge in [0.2, 0.25) is 5.91 Å². The van der Waals surface area contributed by atoms with Crippen molar-refractivity contribution in [2.24, 2.45) is 0 Å². The Hall–Kier alpha value is -2.97. The van der Waals surface area contributed by atoms with Gasteiger partial charge in [0.25, 0.3) is 5.91 Å². The number of hydrogen-bond acceptors (Lipinski definition) is 6. The Morgan fingerprint density at radius 2 is 1.94 bits per heavy atom. The van der Waals surface area contributed by atoms with Crippen molar-refractivity contribution in [1.82, 2.24) is 15.2 Å². The monoisotopic (exact) mass is 438 g/mol. The number of carbonyl (C=O) groups is 2. The number of hydrogen-bond donors (Lipinski definition) is 1. The standard InChI is InChI=1S/C23H26N4O3S/c1-16(28)27(20-9-10-20)23-25-19(15-31-23)13-26(14-21-4-3-11-30-21)12-17-5-7-18(8-6-17)22(29)24-2/h3-8,11,15,20H,9-10,12-14H2,1-2H3,(H,24,29). The van der Waals surface area contributed by atoms with Crippen LogP contribution < -0.4 is 10.2 Å². The molecule has 0 atom stereocenters. The third-order valence-electron chi connectivity index (χ3n) is 5.19. The lowest BCUT2D eigenvalue weighted by atomic mass is 10.1. The molecular weight excluding hydrogens is 412 g/mol. The van der Waals surface area contributed by atoms with Crippen molar-refractivity contribution in [3.63, 3.8) is 0 Å². The first kappa shape index (κ1) is 21.3. The molecule has 1 aromatic carbocycles. The Kier molecular flexibility index (Phi) is 6.48. The predicted molar refractivity (Wildman–Crippen MR) is 120 cm³/mol. The molecule has 2 heterocycles. The predicted octanol–water partition coefficient (Wildman–Crippen LogP) is 3.81. The molecule has 1 fully saturated rings. The third-order valence-corrected chi connectivity index (χ3v) is 6.08. The van der Waals surface area contributed by atoms with Crippen LogP contribution in [0.3, 0.4) is 0 Å². The molecule has 0 radical (unpaired) electrons. The lowest BCUT2D eigenvalue weighted by molar-refractivity contribution is -0.116. The average molecular weight is 439 g/mol. The lowest BCUT2D eigenvalue weighted by Crippen LogP contribution is -2.30. The van der Waals surface area contributed by atoms with Crippen molar-refractivity contribution in [2.45, 2.75) is 45.4 Å². The Labute approximate surface area is 185 Å². The highest BCUT2D eigenvalue weighted by Gasteiger charge is 2.33. The molecule has 0 bridgehead atoms. The molecule has 3 aromatic rings. The largest absolute Gasteiger partial charge is 0.468 e. The van der Waals surface area contributed by atoms with Crippen molar-refractivity contribution >= 4 is 28.3 Å². The number of nitrogens with one attached hydrogen (secondary N) is 1. The summed E-state index contributed by atoms with van der Waals surface area (Å²) in [4.78, 5) is 32.6. The van der Waals surface area contributed by atoms with E-state index in [9.17, 15) is 9.59 Å². The Morgan fingerprint density at radius 3 is 2.55 bits per heavy atom. The second-order valence-electron chi connectivity index (χ2n) is 7.74. The minimum absolute atomic E-state index is 0.0482. The Balaban J connectivity index is 1.49. The highest BCUT2D eigenvalue weighted by atomic mass is 32.1. The maximum atomic E-state index is 12.0. The minimum Gasteiger partial charge on any atom is -0.468 e. The first-order valence-corrected chi connectivity index (χ1v) is 11.2. The van der Waals surface area contributed by atoms with E-state index >= 15 is 0 Å². The second-order valence-corrected chi connectivity index (χ2v) is 8.58. The number of furan rings is 1. The van der Waals surface area contributed by atoms with E-state index < -0.39 is 0 Å². The van der Waals surface area contributed by atoms with Gasteiger partial charge in [-0.2, -0.15) is 0 Å². The molecule has 1 aliphatic rings. The summed E-state index contributed by atoms with van der Waals surface area (Å²) >= 11 is 1.52. The van der Waals surface area contributed by atoms with Crippen LogP contribution in [0.4, 0.5) is 5.13 Å². The molecule has 8 heteroatoms. The second kappa shape index (κ2) is 9.45. The fraction of sp³-hybridized carbons (Fsp3) is 0.348. The molecule has 1 N–H and O–H groups in total. The number of nitrogens with zero attached hydrogens (tertiary/aromatic N) is 3. The summed E-state index contributed by atoms with van der Waals surface area (Å²) < 4.78 is 5.55. The molecule has 4 rings (SSSR count). The van der Waals surface area contributed by atoms with Crippen LogP contribution in [-0.4, -0.2) is 34.8 Å². The van der Waals surface area contributed by atoms with Crippen LogP contribution in [0.15, 0.2) is 52.5 Å². The van der Waals surface area contributed by atoms with Gasteiger partial charge in [-0.05, 0) is 42.7 Å². The van der Waals surface area contributed by atoms with Gasteiger partial charge in [0.05, 0.1) is 18.5 Å². The van der Waals surface area contributed by atoms with Crippen LogP contribution in [0.25, 0.3) is 0 Å². The highest BCUT2D eigenvalue weighted by molar-refractivity contribution is 7.14. The van der Waals surface area contributed by atoms with Gasteiger partial charge in [-0.3, -0.25) is 19.4 Å². The number of benzene rings is 1. The molecule has 31 heavy (non-hydrogen) atoms.